The molecule has 2 heterocycles. The first-order valence-electron chi connectivity index (χ1n) is 11.6. The van der Waals surface area contributed by atoms with E-state index in [2.05, 4.69) is 15.3 Å². The van der Waals surface area contributed by atoms with E-state index in [4.69, 9.17) is 14.5 Å². The molecule has 3 aromatic rings. The van der Waals surface area contributed by atoms with Gasteiger partial charge in [-0.15, -0.1) is 0 Å². The van der Waals surface area contributed by atoms with Gasteiger partial charge >= 0.3 is 0 Å². The number of hydrogen-bond donors (Lipinski definition) is 2. The fourth-order valence-corrected chi connectivity index (χ4v) is 4.65. The first-order chi connectivity index (χ1) is 16.9. The predicted molar refractivity (Wildman–Crippen MR) is 136 cm³/mol. The molecule has 0 aliphatic carbocycles. The Balaban J connectivity index is 1.84. The van der Waals surface area contributed by atoms with Crippen LogP contribution < -0.4 is 19.7 Å². The molecule has 2 atom stereocenters. The maximum atomic E-state index is 14.2. The highest BCUT2D eigenvalue weighted by molar-refractivity contribution is 6.27. The Kier molecular flexibility index (Phi) is 6.77. The number of aromatic amines is 1. The van der Waals surface area contributed by atoms with Gasteiger partial charge in [0.05, 0.1) is 30.9 Å². The third kappa shape index (κ3) is 4.34. The number of para-hydroxylation sites is 2. The molecule has 9 nitrogen and oxygen atoms in total. The van der Waals surface area contributed by atoms with Gasteiger partial charge in [0.25, 0.3) is 0 Å². The van der Waals surface area contributed by atoms with E-state index in [9.17, 15) is 9.59 Å². The third-order valence-electron chi connectivity index (χ3n) is 6.53. The lowest BCUT2D eigenvalue weighted by molar-refractivity contribution is -0.123. The van der Waals surface area contributed by atoms with Crippen molar-refractivity contribution >= 4 is 34.2 Å². The van der Waals surface area contributed by atoms with Crippen molar-refractivity contribution in [1.82, 2.24) is 15.3 Å². The summed E-state index contributed by atoms with van der Waals surface area (Å²) in [5.74, 6) is 1.48. The molecule has 4 rings (SSSR count). The van der Waals surface area contributed by atoms with Crippen LogP contribution >= 0.6 is 0 Å². The molecule has 1 amide bonds. The summed E-state index contributed by atoms with van der Waals surface area (Å²) in [6.45, 7) is 4.02. The number of anilines is 1. The molecule has 184 valence electrons. The van der Waals surface area contributed by atoms with Gasteiger partial charge in [-0.3, -0.25) is 14.6 Å². The Morgan fingerprint density at radius 3 is 2.49 bits per heavy atom. The van der Waals surface area contributed by atoms with Crippen LogP contribution in [0.4, 0.5) is 5.69 Å². The largest absolute Gasteiger partial charge is 0.497 e. The standard InChI is InChI=1S/C26H31N5O4/c1-6-21(32)28-12-11-26(2)23(33)22(24-29-19-9-7-8-10-20(19)30-24)25(27-3)31(26)16-13-17(34-4)15-18(14-16)35-5/h7-10,13-15,22H,6,11-12H2,1-5H3,(H,28,32)(H,29,30). The number of nitrogens with zero attached hydrogens (tertiary/aromatic N) is 3. The third-order valence-corrected chi connectivity index (χ3v) is 6.53. The summed E-state index contributed by atoms with van der Waals surface area (Å²) < 4.78 is 11.0. The number of carbonyl (C=O) groups excluding carboxylic acids is 2. The van der Waals surface area contributed by atoms with Gasteiger partial charge in [-0.1, -0.05) is 19.1 Å². The van der Waals surface area contributed by atoms with Crippen LogP contribution in [0.1, 0.15) is 38.4 Å². The maximum Gasteiger partial charge on any atom is 0.219 e. The molecule has 0 saturated carbocycles. The van der Waals surface area contributed by atoms with Crippen molar-refractivity contribution in [3.8, 4) is 11.5 Å². The average Bonchev–Trinajstić information content (AvgIpc) is 3.39. The molecule has 1 saturated heterocycles. The van der Waals surface area contributed by atoms with Crippen molar-refractivity contribution in [3.05, 3.63) is 48.3 Å². The average molecular weight is 478 g/mol. The van der Waals surface area contributed by atoms with Crippen molar-refractivity contribution in [2.45, 2.75) is 38.1 Å². The number of imidazole rings is 1. The second-order valence-electron chi connectivity index (χ2n) is 8.65. The van der Waals surface area contributed by atoms with Crippen molar-refractivity contribution in [3.63, 3.8) is 0 Å². The van der Waals surface area contributed by atoms with Gasteiger partial charge in [0.1, 0.15) is 34.6 Å². The van der Waals surface area contributed by atoms with Crippen LogP contribution in [0, 0.1) is 0 Å². The summed E-state index contributed by atoms with van der Waals surface area (Å²) in [4.78, 5) is 40.6. The molecule has 2 N–H and O–H groups in total. The quantitative estimate of drug-likeness (QED) is 0.514. The van der Waals surface area contributed by atoms with Crippen LogP contribution in [0.15, 0.2) is 47.5 Å². The number of ether oxygens (including phenoxy) is 2. The van der Waals surface area contributed by atoms with Gasteiger partial charge < -0.3 is 24.7 Å². The van der Waals surface area contributed by atoms with E-state index < -0.39 is 11.5 Å². The number of amidine groups is 1. The fraction of sp³-hybridized carbons (Fsp3) is 0.385. The minimum Gasteiger partial charge on any atom is -0.497 e. The van der Waals surface area contributed by atoms with Gasteiger partial charge in [-0.05, 0) is 25.5 Å². The van der Waals surface area contributed by atoms with Gasteiger partial charge in [0.2, 0.25) is 5.91 Å². The maximum absolute atomic E-state index is 14.2. The number of benzene rings is 2. The molecule has 9 heteroatoms. The van der Waals surface area contributed by atoms with Crippen LogP contribution in [0.2, 0.25) is 0 Å². The zero-order valence-corrected chi connectivity index (χ0v) is 20.7. The van der Waals surface area contributed by atoms with E-state index in [0.29, 0.717) is 48.2 Å². The van der Waals surface area contributed by atoms with E-state index >= 15 is 0 Å². The first-order valence-corrected chi connectivity index (χ1v) is 11.6. The molecule has 1 aliphatic heterocycles. The molecule has 2 unspecified atom stereocenters. The number of amides is 1. The lowest BCUT2D eigenvalue weighted by atomic mass is 9.88. The minimum absolute atomic E-state index is 0.0512. The highest BCUT2D eigenvalue weighted by Gasteiger charge is 2.55. The van der Waals surface area contributed by atoms with Gasteiger partial charge in [-0.2, -0.15) is 0 Å². The molecule has 0 bridgehead atoms. The van der Waals surface area contributed by atoms with Crippen molar-refractivity contribution in [2.24, 2.45) is 4.99 Å². The fourth-order valence-electron chi connectivity index (χ4n) is 4.65. The Morgan fingerprint density at radius 2 is 1.89 bits per heavy atom. The van der Waals surface area contributed by atoms with Gasteiger partial charge in [0, 0.05) is 38.2 Å². The number of carbonyl (C=O) groups is 2. The molecule has 0 radical (unpaired) electrons. The van der Waals surface area contributed by atoms with E-state index in [1.807, 2.05) is 48.2 Å². The monoisotopic (exact) mass is 477 g/mol. The van der Waals surface area contributed by atoms with Crippen molar-refractivity contribution in [2.75, 3.05) is 32.7 Å². The topological polar surface area (TPSA) is 109 Å². The second-order valence-corrected chi connectivity index (χ2v) is 8.65. The minimum atomic E-state index is -1.00. The summed E-state index contributed by atoms with van der Waals surface area (Å²) in [6, 6.07) is 13.1. The number of methoxy groups -OCH3 is 2. The summed E-state index contributed by atoms with van der Waals surface area (Å²) in [5, 5.41) is 2.90. The molecular formula is C26H31N5O4. The Hall–Kier alpha value is -3.88. The number of H-pyrrole nitrogens is 1. The molecule has 1 fully saturated rings. The number of nitrogens with one attached hydrogen (secondary N) is 2. The molecule has 1 aromatic heterocycles. The summed E-state index contributed by atoms with van der Waals surface area (Å²) in [6.07, 6.45) is 0.761. The number of hydrogen-bond acceptors (Lipinski definition) is 6. The highest BCUT2D eigenvalue weighted by atomic mass is 16.5. The van der Waals surface area contributed by atoms with Crippen LogP contribution in [0.3, 0.4) is 0 Å². The number of aromatic nitrogens is 2. The molecule has 35 heavy (non-hydrogen) atoms. The SMILES string of the molecule is CCC(=O)NCCC1(C)C(=O)C(c2nc3ccccc3[nH]2)C(=NC)N1c1cc(OC)cc(OC)c1. The highest BCUT2D eigenvalue weighted by Crippen LogP contribution is 2.44. The number of fused-ring (bicyclic) bond motifs is 1. The van der Waals surface area contributed by atoms with Crippen LogP contribution in [0.25, 0.3) is 11.0 Å². The second kappa shape index (κ2) is 9.77. The predicted octanol–water partition coefficient (Wildman–Crippen LogP) is 3.46. The summed E-state index contributed by atoms with van der Waals surface area (Å²) >= 11 is 0. The van der Waals surface area contributed by atoms with E-state index in [1.165, 1.54) is 0 Å². The Labute approximate surface area is 204 Å². The summed E-state index contributed by atoms with van der Waals surface area (Å²) in [7, 11) is 4.84. The number of aliphatic imine (C=N–C) groups is 1. The zero-order valence-electron chi connectivity index (χ0n) is 20.7. The molecular weight excluding hydrogens is 446 g/mol. The Bertz CT molecular complexity index is 1230. The number of rotatable bonds is 8. The van der Waals surface area contributed by atoms with Crippen LogP contribution in [-0.4, -0.2) is 60.8 Å². The summed E-state index contributed by atoms with van der Waals surface area (Å²) in [5.41, 5.74) is 1.34. The number of Topliss-reactive ketones (excluding diaryl/α,β-unsaturated/α-hetero) is 1. The van der Waals surface area contributed by atoms with Crippen molar-refractivity contribution < 1.29 is 19.1 Å². The lowest BCUT2D eigenvalue weighted by Gasteiger charge is -2.35. The van der Waals surface area contributed by atoms with Crippen molar-refractivity contribution in [1.29, 1.82) is 0 Å². The van der Waals surface area contributed by atoms with Gasteiger partial charge in [0.15, 0.2) is 5.78 Å². The molecule has 2 aromatic carbocycles. The molecule has 0 spiro atoms. The first kappa shape index (κ1) is 24.3. The zero-order chi connectivity index (χ0) is 25.2. The lowest BCUT2D eigenvalue weighted by Crippen LogP contribution is -2.49. The van der Waals surface area contributed by atoms with Crippen LogP contribution in [0.5, 0.6) is 11.5 Å². The normalized spacial score (nSPS) is 21.1. The Morgan fingerprint density at radius 1 is 1.20 bits per heavy atom. The van der Waals surface area contributed by atoms with Crippen LogP contribution in [-0.2, 0) is 9.59 Å². The van der Waals surface area contributed by atoms with E-state index in [-0.39, 0.29) is 11.7 Å². The van der Waals surface area contributed by atoms with E-state index in [1.54, 1.807) is 34.3 Å². The van der Waals surface area contributed by atoms with Gasteiger partial charge in [-0.25, -0.2) is 4.98 Å². The molecule has 1 aliphatic rings. The van der Waals surface area contributed by atoms with E-state index in [0.717, 1.165) is 11.0 Å². The smallest absolute Gasteiger partial charge is 0.219 e. The number of ketones is 1.